The summed E-state index contributed by atoms with van der Waals surface area (Å²) in [6.07, 6.45) is 0.0945. The summed E-state index contributed by atoms with van der Waals surface area (Å²) in [5.74, 6) is -1.10. The van der Waals surface area contributed by atoms with Gasteiger partial charge in [-0.2, -0.15) is 5.26 Å². The van der Waals surface area contributed by atoms with Crippen LogP contribution in [0.4, 0.5) is 8.78 Å². The zero-order valence-corrected chi connectivity index (χ0v) is 13.4. The molecule has 0 radical (unpaired) electrons. The molecule has 1 saturated heterocycles. The smallest absolute Gasteiger partial charge is 0.133 e. The van der Waals surface area contributed by atoms with Crippen molar-refractivity contribution in [1.29, 1.82) is 5.26 Å². The maximum atomic E-state index is 14.2. The standard InChI is InChI=1S/C14H17F2N3.2ClH/c1-10-2-3-11(15)13(14(10)16)12(4-5-17)19-8-6-18-7-9-19;;/h2-3,12,18H,4,6-9H2,1H3;2*1H/t12-;;/m0../s1. The number of nitrogens with one attached hydrogen (secondary N) is 1. The van der Waals surface area contributed by atoms with E-state index in [4.69, 9.17) is 5.26 Å². The average Bonchev–Trinajstić information content (AvgIpc) is 2.43. The molecule has 1 aromatic carbocycles. The number of hydrogen-bond acceptors (Lipinski definition) is 3. The van der Waals surface area contributed by atoms with Crippen LogP contribution in [0.2, 0.25) is 0 Å². The molecule has 1 aliphatic heterocycles. The van der Waals surface area contributed by atoms with Crippen LogP contribution in [0.5, 0.6) is 0 Å². The van der Waals surface area contributed by atoms with Crippen molar-refractivity contribution in [2.45, 2.75) is 19.4 Å². The van der Waals surface area contributed by atoms with Crippen molar-refractivity contribution in [2.75, 3.05) is 26.2 Å². The Morgan fingerprint density at radius 3 is 2.48 bits per heavy atom. The molecular weight excluding hydrogens is 319 g/mol. The second-order valence-corrected chi connectivity index (χ2v) is 4.76. The van der Waals surface area contributed by atoms with Gasteiger partial charge in [0.15, 0.2) is 0 Å². The number of halogens is 4. The quantitative estimate of drug-likeness (QED) is 0.921. The lowest BCUT2D eigenvalue weighted by Crippen LogP contribution is -2.45. The molecule has 3 nitrogen and oxygen atoms in total. The number of benzene rings is 1. The van der Waals surface area contributed by atoms with Gasteiger partial charge in [0.2, 0.25) is 0 Å². The van der Waals surface area contributed by atoms with Gasteiger partial charge in [-0.3, -0.25) is 4.90 Å². The molecule has 0 bridgehead atoms. The zero-order chi connectivity index (χ0) is 13.8. The van der Waals surface area contributed by atoms with Gasteiger partial charge in [0, 0.05) is 31.7 Å². The van der Waals surface area contributed by atoms with Crippen molar-refractivity contribution < 1.29 is 8.78 Å². The molecule has 1 aromatic rings. The molecule has 0 unspecified atom stereocenters. The largest absolute Gasteiger partial charge is 0.314 e. The Balaban J connectivity index is 0.00000200. The van der Waals surface area contributed by atoms with E-state index in [1.165, 1.54) is 12.1 Å². The van der Waals surface area contributed by atoms with E-state index in [-0.39, 0.29) is 36.8 Å². The van der Waals surface area contributed by atoms with Gasteiger partial charge in [-0.1, -0.05) is 6.07 Å². The molecule has 1 aliphatic rings. The Hall–Kier alpha value is -0.930. The summed E-state index contributed by atoms with van der Waals surface area (Å²) in [5.41, 5.74) is 0.443. The molecule has 0 aromatic heterocycles. The Labute approximate surface area is 136 Å². The normalized spacial score (nSPS) is 16.3. The summed E-state index contributed by atoms with van der Waals surface area (Å²) in [6.45, 7) is 4.55. The van der Waals surface area contributed by atoms with Gasteiger partial charge in [-0.25, -0.2) is 8.78 Å². The minimum absolute atomic E-state index is 0. The molecule has 2 rings (SSSR count). The van der Waals surface area contributed by atoms with E-state index in [0.29, 0.717) is 18.7 Å². The number of nitrogens with zero attached hydrogens (tertiary/aromatic N) is 2. The van der Waals surface area contributed by atoms with E-state index >= 15 is 0 Å². The van der Waals surface area contributed by atoms with E-state index < -0.39 is 17.7 Å². The molecule has 7 heteroatoms. The fourth-order valence-corrected chi connectivity index (χ4v) is 2.48. The van der Waals surface area contributed by atoms with Crippen molar-refractivity contribution in [3.8, 4) is 6.07 Å². The Kier molecular flexibility index (Phi) is 8.76. The number of rotatable bonds is 3. The van der Waals surface area contributed by atoms with Gasteiger partial charge in [0.25, 0.3) is 0 Å². The maximum Gasteiger partial charge on any atom is 0.133 e. The summed E-state index contributed by atoms with van der Waals surface area (Å²) in [6, 6.07) is 4.24. The van der Waals surface area contributed by atoms with Crippen LogP contribution in [0.3, 0.4) is 0 Å². The Morgan fingerprint density at radius 1 is 1.29 bits per heavy atom. The molecule has 21 heavy (non-hydrogen) atoms. The molecule has 1 heterocycles. The average molecular weight is 338 g/mol. The minimum atomic E-state index is -0.568. The van der Waals surface area contributed by atoms with Crippen LogP contribution < -0.4 is 5.32 Å². The van der Waals surface area contributed by atoms with Crippen LogP contribution in [0.1, 0.15) is 23.6 Å². The molecule has 1 N–H and O–H groups in total. The topological polar surface area (TPSA) is 39.1 Å². The zero-order valence-electron chi connectivity index (χ0n) is 11.7. The molecule has 118 valence electrons. The van der Waals surface area contributed by atoms with Gasteiger partial charge in [-0.05, 0) is 18.6 Å². The van der Waals surface area contributed by atoms with Crippen LogP contribution in [0.15, 0.2) is 12.1 Å². The van der Waals surface area contributed by atoms with Gasteiger partial charge in [0.1, 0.15) is 11.6 Å². The SMILES string of the molecule is Cc1ccc(F)c([C@H](CC#N)N2CCNCC2)c1F.Cl.Cl. The number of hydrogen-bond donors (Lipinski definition) is 1. The van der Waals surface area contributed by atoms with Crippen molar-refractivity contribution in [3.63, 3.8) is 0 Å². The third kappa shape index (κ3) is 4.52. The van der Waals surface area contributed by atoms with Gasteiger partial charge >= 0.3 is 0 Å². The lowest BCUT2D eigenvalue weighted by molar-refractivity contribution is 0.169. The molecule has 0 saturated carbocycles. The maximum absolute atomic E-state index is 14.2. The Bertz CT molecular complexity index is 500. The van der Waals surface area contributed by atoms with Crippen molar-refractivity contribution >= 4 is 24.8 Å². The van der Waals surface area contributed by atoms with Gasteiger partial charge in [0.05, 0.1) is 18.5 Å². The third-order valence-corrected chi connectivity index (χ3v) is 3.53. The highest BCUT2D eigenvalue weighted by Gasteiger charge is 2.27. The molecular formula is C14H19Cl2F2N3. The second-order valence-electron chi connectivity index (χ2n) is 4.76. The third-order valence-electron chi connectivity index (χ3n) is 3.53. The summed E-state index contributed by atoms with van der Waals surface area (Å²) in [7, 11) is 0. The first-order valence-electron chi connectivity index (χ1n) is 6.41. The monoisotopic (exact) mass is 337 g/mol. The van der Waals surface area contributed by atoms with Crippen LogP contribution in [0, 0.1) is 29.9 Å². The fraction of sp³-hybridized carbons (Fsp3) is 0.500. The highest BCUT2D eigenvalue weighted by atomic mass is 35.5. The fourth-order valence-electron chi connectivity index (χ4n) is 2.48. The molecule has 0 amide bonds. The van der Waals surface area contributed by atoms with E-state index in [1.807, 2.05) is 11.0 Å². The number of aryl methyl sites for hydroxylation is 1. The highest BCUT2D eigenvalue weighted by molar-refractivity contribution is 5.85. The van der Waals surface area contributed by atoms with Crippen molar-refractivity contribution in [1.82, 2.24) is 10.2 Å². The lowest BCUT2D eigenvalue weighted by atomic mass is 9.98. The van der Waals surface area contributed by atoms with Crippen LogP contribution in [-0.4, -0.2) is 31.1 Å². The lowest BCUT2D eigenvalue weighted by Gasteiger charge is -2.34. The van der Waals surface area contributed by atoms with Gasteiger partial charge in [-0.15, -0.1) is 24.8 Å². The van der Waals surface area contributed by atoms with E-state index in [9.17, 15) is 8.78 Å². The summed E-state index contributed by atoms with van der Waals surface area (Å²) in [4.78, 5) is 1.97. The van der Waals surface area contributed by atoms with Crippen LogP contribution >= 0.6 is 24.8 Å². The second kappa shape index (κ2) is 9.16. The Morgan fingerprint density at radius 2 is 1.90 bits per heavy atom. The van der Waals surface area contributed by atoms with E-state index in [0.717, 1.165) is 13.1 Å². The highest BCUT2D eigenvalue weighted by Crippen LogP contribution is 2.30. The van der Waals surface area contributed by atoms with E-state index in [2.05, 4.69) is 5.32 Å². The predicted molar refractivity (Wildman–Crippen MR) is 83.0 cm³/mol. The van der Waals surface area contributed by atoms with Gasteiger partial charge < -0.3 is 5.32 Å². The molecule has 1 fully saturated rings. The first kappa shape index (κ1) is 20.1. The molecule has 1 atom stereocenters. The van der Waals surface area contributed by atoms with Crippen molar-refractivity contribution in [2.24, 2.45) is 0 Å². The first-order valence-corrected chi connectivity index (χ1v) is 6.41. The predicted octanol–water partition coefficient (Wildman–Crippen LogP) is 2.98. The van der Waals surface area contributed by atoms with Crippen LogP contribution in [0.25, 0.3) is 0 Å². The summed E-state index contributed by atoms with van der Waals surface area (Å²) < 4.78 is 28.2. The summed E-state index contributed by atoms with van der Waals surface area (Å²) >= 11 is 0. The van der Waals surface area contributed by atoms with Crippen molar-refractivity contribution in [3.05, 3.63) is 34.9 Å². The first-order chi connectivity index (χ1) is 9.15. The van der Waals surface area contributed by atoms with E-state index in [1.54, 1.807) is 6.92 Å². The summed E-state index contributed by atoms with van der Waals surface area (Å²) in [5, 5.41) is 12.1. The number of nitriles is 1. The number of piperazine rings is 1. The minimum Gasteiger partial charge on any atom is -0.314 e. The molecule has 0 aliphatic carbocycles. The molecule has 0 spiro atoms. The van der Waals surface area contributed by atoms with Crippen LogP contribution in [-0.2, 0) is 0 Å².